The summed E-state index contributed by atoms with van der Waals surface area (Å²) in [6.07, 6.45) is -26.1. The molecule has 0 aromatic heterocycles. The first-order chi connectivity index (χ1) is 45.3. The van der Waals surface area contributed by atoms with E-state index in [1.165, 1.54) is 39.0 Å². The van der Waals surface area contributed by atoms with Crippen molar-refractivity contribution in [3.63, 3.8) is 0 Å². The highest BCUT2D eigenvalue weighted by molar-refractivity contribution is 5.92. The van der Waals surface area contributed by atoms with Crippen LogP contribution in [0.4, 0.5) is 0 Å². The Morgan fingerprint density at radius 2 is 0.832 bits per heavy atom. The van der Waals surface area contributed by atoms with Gasteiger partial charge >= 0.3 is 35.8 Å². The monoisotopic (exact) mass is 1360 g/mol. The molecule has 3 saturated heterocycles. The summed E-state index contributed by atoms with van der Waals surface area (Å²) in [4.78, 5) is 82.6. The lowest BCUT2D eigenvalue weighted by Gasteiger charge is -2.42. The van der Waals surface area contributed by atoms with Gasteiger partial charge in [-0.2, -0.15) is 0 Å². The van der Waals surface area contributed by atoms with Crippen molar-refractivity contribution in [2.45, 2.75) is 170 Å². The molecule has 13 N–H and O–H groups in total. The van der Waals surface area contributed by atoms with Gasteiger partial charge in [-0.1, -0.05) is 25.2 Å². The van der Waals surface area contributed by atoms with Gasteiger partial charge in [-0.05, 0) is 39.0 Å². The molecule has 0 aromatic rings. The van der Waals surface area contributed by atoms with Crippen molar-refractivity contribution in [1.29, 1.82) is 0 Å². The fourth-order valence-corrected chi connectivity index (χ4v) is 12.6. The Balaban J connectivity index is 1.13. The summed E-state index contributed by atoms with van der Waals surface area (Å²) in [5.41, 5.74) is -0.281. The summed E-state index contributed by atoms with van der Waals surface area (Å²) in [7, 11) is 3.22. The van der Waals surface area contributed by atoms with Crippen LogP contribution in [0.3, 0.4) is 0 Å². The predicted octanol–water partition coefficient (Wildman–Crippen LogP) is -4.59. The second kappa shape index (κ2) is 34.4. The lowest BCUT2D eigenvalue weighted by molar-refractivity contribution is -0.327. The number of aliphatic hydroxyl groups is 13. The molecule has 26 atom stereocenters. The molecule has 0 spiro atoms. The van der Waals surface area contributed by atoms with E-state index in [9.17, 15) is 95.2 Å². The zero-order valence-electron chi connectivity index (χ0n) is 52.9. The quantitative estimate of drug-likeness (QED) is 0.0232. The number of hydrogen-bond acceptors (Lipinski definition) is 34. The largest absolute Gasteiger partial charge is 0.468 e. The molecule has 0 amide bonds. The van der Waals surface area contributed by atoms with Gasteiger partial charge in [0.25, 0.3) is 0 Å². The molecule has 0 aromatic carbocycles. The van der Waals surface area contributed by atoms with Gasteiger partial charge in [0.15, 0.2) is 18.9 Å². The van der Waals surface area contributed by atoms with Crippen molar-refractivity contribution in [3.05, 3.63) is 70.5 Å². The van der Waals surface area contributed by atoms with Crippen molar-refractivity contribution in [2.24, 2.45) is 41.4 Å². The van der Waals surface area contributed by atoms with E-state index in [4.69, 9.17) is 71.1 Å². The van der Waals surface area contributed by atoms with Crippen LogP contribution in [0.25, 0.3) is 0 Å². The first kappa shape index (κ1) is 76.3. The van der Waals surface area contributed by atoms with E-state index in [1.54, 1.807) is 6.92 Å². The molecule has 34 nitrogen and oxygen atoms in total. The van der Waals surface area contributed by atoms with Crippen molar-refractivity contribution < 1.29 is 166 Å². The summed E-state index contributed by atoms with van der Waals surface area (Å²) in [5, 5.41) is 135. The van der Waals surface area contributed by atoms with Gasteiger partial charge in [0.1, 0.15) is 79.4 Å². The standard InChI is InChI=1S/C61H86O34/c1-8-26-30(34(53(78)81-5)21-86-56(26)93-59-50(75)47(72)44(69)38(16-63)90-59)12-41(66)84-19-25(15-62)29-11-37(89-43(68)14-32-28(10-3)58(88-23-36(32)55(80)83-7)95-61-52(77)49(74)46(71)40(18-65)92-61)24(4)33(29)20-85-42(67)13-31-27(9-2)57(87-22-35(31)54(79)82-6)94-60-51(76)48(73)45(70)39(17-64)91-60/h8-10,21-25,29-33,37-40,44-52,56-65,69-77H,11-20H2,1-7H3/b26-8-,27-9-,28-10-/t24-,25+,29+,30+,31+,32+,33-,37-,38-,39-,40-,44-,45-,46-,47+,48+,49+,50-,51-,52-,56+,57+,58+,59+,60+,61+/m1/s1. The minimum atomic E-state index is -1.88. The topological polar surface area (TPSA) is 504 Å². The van der Waals surface area contributed by atoms with Crippen LogP contribution in [0.2, 0.25) is 0 Å². The normalized spacial score (nSPS) is 38.8. The minimum Gasteiger partial charge on any atom is -0.468 e. The van der Waals surface area contributed by atoms with Crippen LogP contribution in [-0.2, 0) is 99.8 Å². The van der Waals surface area contributed by atoms with E-state index in [0.717, 1.165) is 40.1 Å². The van der Waals surface area contributed by atoms with Gasteiger partial charge in [-0.3, -0.25) is 14.4 Å². The molecule has 534 valence electrons. The third-order valence-corrected chi connectivity index (χ3v) is 18.1. The molecule has 4 fully saturated rings. The number of aliphatic hydroxyl groups excluding tert-OH is 13. The summed E-state index contributed by atoms with van der Waals surface area (Å²) in [6, 6.07) is 0. The Morgan fingerprint density at radius 1 is 0.495 bits per heavy atom. The molecule has 0 unspecified atom stereocenters. The molecule has 34 heteroatoms. The number of rotatable bonds is 25. The van der Waals surface area contributed by atoms with Crippen LogP contribution < -0.4 is 0 Å². The SMILES string of the molecule is C/C=C1\[C@H](O[C@@H]2O[C@H](CO)[C@@H](O)[C@H](O)[C@H]2O)OC=C(C(=O)OC)[C@H]1CC(=O)OC[C@H](CO)[C@@H]1C[C@@H](OC(=O)C[C@@H]2C(C(=O)OC)=CO[C@@H](O[C@@H]3O[C@H](CO)[C@@H](O)[C@H](O)[C@H]3O)/C2=C\C)[C@H](C)[C@H]1COC(=O)C[C@@H]1C(C(=O)OC)=CO[C@@H](O[C@@H]2O[C@H](CO)[C@@H](O)[C@H](O)[C@H]2O)/C1=C\C. The third kappa shape index (κ3) is 17.1. The Kier molecular flexibility index (Phi) is 27.6. The molecule has 7 rings (SSSR count). The van der Waals surface area contributed by atoms with Crippen molar-refractivity contribution in [2.75, 3.05) is 61.0 Å². The van der Waals surface area contributed by atoms with Crippen LogP contribution in [0.15, 0.2) is 70.5 Å². The van der Waals surface area contributed by atoms with Crippen LogP contribution in [-0.4, -0.2) is 280 Å². The number of allylic oxidation sites excluding steroid dienone is 3. The maximum atomic E-state index is 14.4. The first-order valence-corrected chi connectivity index (χ1v) is 30.6. The van der Waals surface area contributed by atoms with Crippen LogP contribution in [0.1, 0.15) is 53.4 Å². The molecule has 6 heterocycles. The van der Waals surface area contributed by atoms with Crippen molar-refractivity contribution in [1.82, 2.24) is 0 Å². The van der Waals surface area contributed by atoms with E-state index in [2.05, 4.69) is 0 Å². The number of esters is 6. The highest BCUT2D eigenvalue weighted by atomic mass is 16.8. The number of hydrogen-bond donors (Lipinski definition) is 13. The first-order valence-electron chi connectivity index (χ1n) is 30.6. The average Bonchev–Trinajstić information content (AvgIpc) is 1.09. The maximum Gasteiger partial charge on any atom is 0.337 e. The van der Waals surface area contributed by atoms with Gasteiger partial charge < -0.3 is 137 Å². The summed E-state index contributed by atoms with van der Waals surface area (Å²) in [6.45, 7) is 2.07. The van der Waals surface area contributed by atoms with E-state index in [1.807, 2.05) is 0 Å². The van der Waals surface area contributed by atoms with E-state index >= 15 is 0 Å². The lowest BCUT2D eigenvalue weighted by Crippen LogP contribution is -2.60. The zero-order valence-corrected chi connectivity index (χ0v) is 52.9. The highest BCUT2D eigenvalue weighted by Gasteiger charge is 2.52. The fourth-order valence-electron chi connectivity index (χ4n) is 12.6. The van der Waals surface area contributed by atoms with E-state index < -0.39 is 253 Å². The molecule has 7 aliphatic rings. The highest BCUT2D eigenvalue weighted by Crippen LogP contribution is 2.46. The Bertz CT molecular complexity index is 2850. The second-order valence-corrected chi connectivity index (χ2v) is 23.5. The lowest BCUT2D eigenvalue weighted by atomic mass is 9.82. The average molecular weight is 1360 g/mol. The summed E-state index contributed by atoms with van der Waals surface area (Å²) >= 11 is 0. The van der Waals surface area contributed by atoms with Gasteiger partial charge in [0.05, 0.1) is 109 Å². The van der Waals surface area contributed by atoms with Gasteiger partial charge in [-0.25, -0.2) is 14.4 Å². The predicted molar refractivity (Wildman–Crippen MR) is 308 cm³/mol. The van der Waals surface area contributed by atoms with E-state index in [-0.39, 0.29) is 39.9 Å². The molecule has 0 radical (unpaired) electrons. The summed E-state index contributed by atoms with van der Waals surface area (Å²) < 4.78 is 84.2. The van der Waals surface area contributed by atoms with Gasteiger partial charge in [-0.15, -0.1) is 0 Å². The van der Waals surface area contributed by atoms with Crippen LogP contribution >= 0.6 is 0 Å². The van der Waals surface area contributed by atoms with Crippen molar-refractivity contribution >= 4 is 35.8 Å². The van der Waals surface area contributed by atoms with Crippen LogP contribution in [0.5, 0.6) is 0 Å². The Labute approximate surface area is 543 Å². The number of ether oxygens (including phenoxy) is 15. The third-order valence-electron chi connectivity index (χ3n) is 18.1. The van der Waals surface area contributed by atoms with Gasteiger partial charge in [0, 0.05) is 52.9 Å². The van der Waals surface area contributed by atoms with Crippen molar-refractivity contribution in [3.8, 4) is 0 Å². The smallest absolute Gasteiger partial charge is 0.337 e. The van der Waals surface area contributed by atoms with Gasteiger partial charge in [0.2, 0.25) is 18.9 Å². The van der Waals surface area contributed by atoms with E-state index in [0.29, 0.717) is 0 Å². The molecule has 1 aliphatic carbocycles. The fraction of sp³-hybridized carbons (Fsp3) is 0.705. The maximum absolute atomic E-state index is 14.4. The molecular formula is C61H86O34. The second-order valence-electron chi connectivity index (χ2n) is 23.5. The molecule has 6 aliphatic heterocycles. The number of carbonyl (C=O) groups excluding carboxylic acids is 6. The molecular weight excluding hydrogens is 1280 g/mol. The molecule has 0 bridgehead atoms. The molecule has 95 heavy (non-hydrogen) atoms. The Hall–Kier alpha value is -6.10. The zero-order chi connectivity index (χ0) is 69.9. The Morgan fingerprint density at radius 3 is 1.15 bits per heavy atom. The minimum absolute atomic E-state index is 0.0957. The summed E-state index contributed by atoms with van der Waals surface area (Å²) in [5.74, 6) is -12.8. The molecule has 1 saturated carbocycles. The number of carbonyl (C=O) groups is 6. The van der Waals surface area contributed by atoms with Crippen LogP contribution in [0, 0.1) is 41.4 Å². The number of methoxy groups -OCH3 is 3.